The highest BCUT2D eigenvalue weighted by molar-refractivity contribution is 7.89. The summed E-state index contributed by atoms with van der Waals surface area (Å²) >= 11 is 0. The summed E-state index contributed by atoms with van der Waals surface area (Å²) < 4.78 is 51.1. The quantitative estimate of drug-likeness (QED) is 0.908. The molecule has 1 heterocycles. The van der Waals surface area contributed by atoms with Crippen molar-refractivity contribution in [1.29, 1.82) is 0 Å². The first-order valence-electron chi connectivity index (χ1n) is 7.19. The smallest absolute Gasteiger partial charge is 0.243 e. The molecule has 1 N–H and O–H groups in total. The Balaban J connectivity index is 1.64. The molecule has 122 valence electrons. The molecule has 1 aliphatic heterocycles. The van der Waals surface area contributed by atoms with Gasteiger partial charge in [-0.2, -0.15) is 0 Å². The molecule has 0 saturated carbocycles. The maximum absolute atomic E-state index is 13.6. The van der Waals surface area contributed by atoms with Gasteiger partial charge < -0.3 is 9.47 Å². The summed E-state index contributed by atoms with van der Waals surface area (Å²) in [7, 11) is -3.86. The molecule has 0 aliphatic carbocycles. The van der Waals surface area contributed by atoms with Crippen LogP contribution in [0.1, 0.15) is 5.56 Å². The van der Waals surface area contributed by atoms with Crippen molar-refractivity contribution in [1.82, 2.24) is 4.72 Å². The van der Waals surface area contributed by atoms with E-state index in [4.69, 9.17) is 9.47 Å². The summed E-state index contributed by atoms with van der Waals surface area (Å²) in [5, 5.41) is 0. The number of hydrogen-bond acceptors (Lipinski definition) is 4. The molecule has 7 heteroatoms. The average Bonchev–Trinajstić information content (AvgIpc) is 2.55. The van der Waals surface area contributed by atoms with Gasteiger partial charge in [0.15, 0.2) is 11.5 Å². The van der Waals surface area contributed by atoms with Gasteiger partial charge in [-0.25, -0.2) is 17.5 Å². The highest BCUT2D eigenvalue weighted by Crippen LogP contribution is 2.30. The Morgan fingerprint density at radius 3 is 2.57 bits per heavy atom. The van der Waals surface area contributed by atoms with E-state index < -0.39 is 15.8 Å². The van der Waals surface area contributed by atoms with Crippen molar-refractivity contribution in [3.63, 3.8) is 0 Å². The van der Waals surface area contributed by atoms with Crippen LogP contribution in [0.3, 0.4) is 0 Å². The summed E-state index contributed by atoms with van der Waals surface area (Å²) in [6.07, 6.45) is 0.463. The molecule has 0 fully saturated rings. The van der Waals surface area contributed by atoms with Crippen LogP contribution in [0.25, 0.3) is 0 Å². The third-order valence-corrected chi connectivity index (χ3v) is 4.93. The van der Waals surface area contributed by atoms with Gasteiger partial charge in [-0.15, -0.1) is 0 Å². The molecule has 5 nitrogen and oxygen atoms in total. The van der Waals surface area contributed by atoms with Crippen LogP contribution in [-0.2, 0) is 16.4 Å². The molecule has 0 atom stereocenters. The van der Waals surface area contributed by atoms with Gasteiger partial charge in [0.05, 0.1) is 0 Å². The molecule has 0 bridgehead atoms. The predicted molar refractivity (Wildman–Crippen MR) is 82.7 cm³/mol. The molecule has 0 saturated heterocycles. The van der Waals surface area contributed by atoms with Gasteiger partial charge in [0.25, 0.3) is 0 Å². The maximum atomic E-state index is 13.6. The van der Waals surface area contributed by atoms with Gasteiger partial charge in [-0.05, 0) is 36.2 Å². The second kappa shape index (κ2) is 6.55. The summed E-state index contributed by atoms with van der Waals surface area (Å²) in [4.78, 5) is -0.345. The summed E-state index contributed by atoms with van der Waals surface area (Å²) in [6.45, 7) is 1.18. The maximum Gasteiger partial charge on any atom is 0.243 e. The Labute approximate surface area is 134 Å². The number of sulfonamides is 1. The number of rotatable bonds is 5. The fraction of sp³-hybridized carbons (Fsp3) is 0.250. The Morgan fingerprint density at radius 1 is 1.04 bits per heavy atom. The zero-order valence-corrected chi connectivity index (χ0v) is 13.1. The molecule has 0 aromatic heterocycles. The van der Waals surface area contributed by atoms with E-state index in [0.29, 0.717) is 31.1 Å². The molecule has 2 aromatic rings. The minimum Gasteiger partial charge on any atom is -0.486 e. The summed E-state index contributed by atoms with van der Waals surface area (Å²) in [6, 6.07) is 10.8. The first kappa shape index (κ1) is 15.8. The molecule has 2 aromatic carbocycles. The van der Waals surface area contributed by atoms with Gasteiger partial charge in [-0.3, -0.25) is 0 Å². The Morgan fingerprint density at radius 2 is 1.78 bits per heavy atom. The highest BCUT2D eigenvalue weighted by atomic mass is 32.2. The molecule has 23 heavy (non-hydrogen) atoms. The number of nitrogens with one attached hydrogen (secondary N) is 1. The standard InChI is InChI=1S/C16H16FNO4S/c17-13-3-1-2-4-16(13)23(19,20)18-8-7-12-5-6-14-15(11-12)22-10-9-21-14/h1-6,11,18H,7-10H2. The number of hydrogen-bond donors (Lipinski definition) is 1. The van der Waals surface area contributed by atoms with E-state index >= 15 is 0 Å². The van der Waals surface area contributed by atoms with Crippen LogP contribution in [0.4, 0.5) is 4.39 Å². The molecule has 0 spiro atoms. The third-order valence-electron chi connectivity index (χ3n) is 3.44. The van der Waals surface area contributed by atoms with Crippen molar-refractivity contribution in [3.05, 3.63) is 53.8 Å². The van der Waals surface area contributed by atoms with Crippen LogP contribution in [0, 0.1) is 5.82 Å². The van der Waals surface area contributed by atoms with E-state index in [9.17, 15) is 12.8 Å². The van der Waals surface area contributed by atoms with E-state index in [0.717, 1.165) is 11.6 Å². The van der Waals surface area contributed by atoms with Crippen molar-refractivity contribution in [2.75, 3.05) is 19.8 Å². The van der Waals surface area contributed by atoms with Crippen LogP contribution in [0.2, 0.25) is 0 Å². The fourth-order valence-corrected chi connectivity index (χ4v) is 3.42. The molecule has 0 unspecified atom stereocenters. The largest absolute Gasteiger partial charge is 0.486 e. The topological polar surface area (TPSA) is 64.6 Å². The summed E-state index contributed by atoms with van der Waals surface area (Å²) in [5.74, 6) is 0.581. The zero-order chi connectivity index (χ0) is 16.3. The van der Waals surface area contributed by atoms with E-state index in [-0.39, 0.29) is 11.4 Å². The van der Waals surface area contributed by atoms with E-state index in [2.05, 4.69) is 4.72 Å². The van der Waals surface area contributed by atoms with Crippen molar-refractivity contribution in [2.24, 2.45) is 0 Å². The second-order valence-corrected chi connectivity index (χ2v) is 6.79. The minimum absolute atomic E-state index is 0.163. The lowest BCUT2D eigenvalue weighted by molar-refractivity contribution is 0.171. The molecule has 0 radical (unpaired) electrons. The van der Waals surface area contributed by atoms with Crippen molar-refractivity contribution in [2.45, 2.75) is 11.3 Å². The van der Waals surface area contributed by atoms with Crippen LogP contribution in [0.15, 0.2) is 47.4 Å². The van der Waals surface area contributed by atoms with E-state index in [1.807, 2.05) is 12.1 Å². The van der Waals surface area contributed by atoms with E-state index in [1.165, 1.54) is 18.2 Å². The lowest BCUT2D eigenvalue weighted by atomic mass is 10.1. The molecule has 1 aliphatic rings. The lowest BCUT2D eigenvalue weighted by Crippen LogP contribution is -2.26. The van der Waals surface area contributed by atoms with Crippen LogP contribution in [-0.4, -0.2) is 28.2 Å². The molecule has 0 amide bonds. The van der Waals surface area contributed by atoms with Gasteiger partial charge in [-0.1, -0.05) is 18.2 Å². The van der Waals surface area contributed by atoms with E-state index in [1.54, 1.807) is 6.07 Å². The SMILES string of the molecule is O=S(=O)(NCCc1ccc2c(c1)OCCO2)c1ccccc1F. The van der Waals surface area contributed by atoms with Gasteiger partial charge in [0.2, 0.25) is 10.0 Å². The minimum atomic E-state index is -3.86. The Kier molecular flexibility index (Phi) is 4.49. The molecular weight excluding hydrogens is 321 g/mol. The molecular formula is C16H16FNO4S. The number of ether oxygens (including phenoxy) is 2. The Hall–Kier alpha value is -2.12. The van der Waals surface area contributed by atoms with Crippen LogP contribution in [0.5, 0.6) is 11.5 Å². The second-order valence-electron chi connectivity index (χ2n) is 5.06. The molecule has 3 rings (SSSR count). The fourth-order valence-electron chi connectivity index (χ4n) is 2.31. The zero-order valence-electron chi connectivity index (χ0n) is 12.3. The van der Waals surface area contributed by atoms with Crippen molar-refractivity contribution >= 4 is 10.0 Å². The number of halogens is 1. The van der Waals surface area contributed by atoms with Crippen molar-refractivity contribution in [3.8, 4) is 11.5 Å². The van der Waals surface area contributed by atoms with Gasteiger partial charge in [0, 0.05) is 6.54 Å². The van der Waals surface area contributed by atoms with Gasteiger partial charge in [0.1, 0.15) is 23.9 Å². The third kappa shape index (κ3) is 3.62. The number of benzene rings is 2. The highest BCUT2D eigenvalue weighted by Gasteiger charge is 2.18. The average molecular weight is 337 g/mol. The van der Waals surface area contributed by atoms with Gasteiger partial charge >= 0.3 is 0 Å². The normalized spacial score (nSPS) is 13.8. The van der Waals surface area contributed by atoms with Crippen molar-refractivity contribution < 1.29 is 22.3 Å². The summed E-state index contributed by atoms with van der Waals surface area (Å²) in [5.41, 5.74) is 0.908. The van der Waals surface area contributed by atoms with Crippen LogP contribution >= 0.6 is 0 Å². The lowest BCUT2D eigenvalue weighted by Gasteiger charge is -2.18. The first-order chi connectivity index (χ1) is 11.1. The monoisotopic (exact) mass is 337 g/mol. The Bertz CT molecular complexity index is 807. The van der Waals surface area contributed by atoms with Crippen LogP contribution < -0.4 is 14.2 Å². The first-order valence-corrected chi connectivity index (χ1v) is 8.67. The predicted octanol–water partition coefficient (Wildman–Crippen LogP) is 2.12. The number of fused-ring (bicyclic) bond motifs is 1.